The Labute approximate surface area is 228 Å². The summed E-state index contributed by atoms with van der Waals surface area (Å²) in [5.74, 6) is 2.07. The van der Waals surface area contributed by atoms with E-state index in [2.05, 4.69) is 73.0 Å². The number of hydrogen-bond donors (Lipinski definition) is 3. The summed E-state index contributed by atoms with van der Waals surface area (Å²) in [6.07, 6.45) is 8.77. The van der Waals surface area contributed by atoms with E-state index in [9.17, 15) is 0 Å². The lowest BCUT2D eigenvalue weighted by atomic mass is 9.97. The fraction of sp³-hybridized carbons (Fsp3) is 0.414. The zero-order valence-corrected chi connectivity index (χ0v) is 22.4. The number of benzene rings is 1. The number of fused-ring (bicyclic) bond motifs is 3. The number of hydrogen-bond acceptors (Lipinski definition) is 9. The minimum absolute atomic E-state index is 0.301. The SMILES string of the molecule is Cc1cc(Nc2nc(NC3C[C@H]4CC[C@@H](C3)N4CCC#N)nc3cc(N(C)Cc4cccnc4)ccc23)n[nH]1. The molecule has 0 aliphatic carbocycles. The molecule has 3 aromatic heterocycles. The summed E-state index contributed by atoms with van der Waals surface area (Å²) in [4.78, 5) is 18.9. The van der Waals surface area contributed by atoms with Gasteiger partial charge in [-0.15, -0.1) is 0 Å². The maximum atomic E-state index is 9.06. The Kier molecular flexibility index (Phi) is 6.99. The molecule has 10 heteroatoms. The average Bonchev–Trinajstić information content (AvgIpc) is 3.45. The first-order chi connectivity index (χ1) is 19.1. The van der Waals surface area contributed by atoms with E-state index in [1.54, 1.807) is 6.20 Å². The van der Waals surface area contributed by atoms with Crippen LogP contribution in [0.15, 0.2) is 48.8 Å². The highest BCUT2D eigenvalue weighted by Gasteiger charge is 2.40. The number of anilines is 4. The van der Waals surface area contributed by atoms with Crippen LogP contribution in [0.25, 0.3) is 10.9 Å². The van der Waals surface area contributed by atoms with Crippen LogP contribution in [0, 0.1) is 18.3 Å². The molecule has 200 valence electrons. The van der Waals surface area contributed by atoms with Crippen LogP contribution in [0.5, 0.6) is 0 Å². The minimum Gasteiger partial charge on any atom is -0.370 e. The molecule has 6 rings (SSSR count). The van der Waals surface area contributed by atoms with Gasteiger partial charge in [-0.25, -0.2) is 4.98 Å². The smallest absolute Gasteiger partial charge is 0.225 e. The number of pyridine rings is 1. The Hall–Kier alpha value is -4.23. The van der Waals surface area contributed by atoms with E-state index in [1.165, 1.54) is 12.8 Å². The van der Waals surface area contributed by atoms with Gasteiger partial charge >= 0.3 is 0 Å². The second-order valence-electron chi connectivity index (χ2n) is 10.7. The summed E-state index contributed by atoms with van der Waals surface area (Å²) in [5.41, 5.74) is 4.07. The van der Waals surface area contributed by atoms with Crippen molar-refractivity contribution in [1.29, 1.82) is 5.26 Å². The van der Waals surface area contributed by atoms with Crippen molar-refractivity contribution in [3.8, 4) is 6.07 Å². The first-order valence-corrected chi connectivity index (χ1v) is 13.7. The number of rotatable bonds is 9. The second kappa shape index (κ2) is 10.9. The van der Waals surface area contributed by atoms with Crippen LogP contribution in [0.4, 0.5) is 23.3 Å². The van der Waals surface area contributed by atoms with Crippen molar-refractivity contribution < 1.29 is 0 Å². The van der Waals surface area contributed by atoms with Gasteiger partial charge in [0.1, 0.15) is 5.82 Å². The molecular weight excluding hydrogens is 488 g/mol. The van der Waals surface area contributed by atoms with Crippen molar-refractivity contribution >= 4 is 34.2 Å². The molecule has 0 amide bonds. The largest absolute Gasteiger partial charge is 0.370 e. The lowest BCUT2D eigenvalue weighted by molar-refractivity contribution is 0.135. The van der Waals surface area contributed by atoms with E-state index >= 15 is 0 Å². The van der Waals surface area contributed by atoms with E-state index in [1.807, 2.05) is 25.3 Å². The van der Waals surface area contributed by atoms with Crippen LogP contribution in [-0.2, 0) is 6.54 Å². The first kappa shape index (κ1) is 25.1. The summed E-state index contributed by atoms with van der Waals surface area (Å²) >= 11 is 0. The molecule has 3 atom stereocenters. The van der Waals surface area contributed by atoms with Crippen molar-refractivity contribution in [2.75, 3.05) is 29.1 Å². The van der Waals surface area contributed by atoms with E-state index in [0.29, 0.717) is 30.5 Å². The lowest BCUT2D eigenvalue weighted by Gasteiger charge is -2.38. The zero-order chi connectivity index (χ0) is 26.8. The predicted octanol–water partition coefficient (Wildman–Crippen LogP) is 4.76. The lowest BCUT2D eigenvalue weighted by Crippen LogP contribution is -2.47. The van der Waals surface area contributed by atoms with Gasteiger partial charge in [0.15, 0.2) is 5.82 Å². The standard InChI is InChI=1S/C29H34N10/c1-19-13-27(37-36-19)34-28-25-9-8-22(38(2)18-20-5-3-11-31-17-20)16-26(25)33-29(35-28)32-21-14-23-6-7-24(15-21)39(23)12-4-10-30/h3,5,8-9,11,13,16-17,21,23-24H,4,6-7,12,14-15,18H2,1-2H3,(H3,32,33,34,35,36,37)/t21?,23-,24+. The third-order valence-corrected chi connectivity index (χ3v) is 7.92. The van der Waals surface area contributed by atoms with Gasteiger partial charge in [-0.1, -0.05) is 6.07 Å². The maximum absolute atomic E-state index is 9.06. The van der Waals surface area contributed by atoms with Gasteiger partial charge < -0.3 is 15.5 Å². The van der Waals surface area contributed by atoms with Crippen molar-refractivity contribution in [3.05, 3.63) is 60.0 Å². The number of aromatic amines is 1. The molecule has 2 aliphatic rings. The Balaban J connectivity index is 1.28. The number of nitriles is 1. The minimum atomic E-state index is 0.301. The highest BCUT2D eigenvalue weighted by Crippen LogP contribution is 2.37. The summed E-state index contributed by atoms with van der Waals surface area (Å²) < 4.78 is 0. The normalized spacial score (nSPS) is 20.6. The fourth-order valence-corrected chi connectivity index (χ4v) is 6.09. The highest BCUT2D eigenvalue weighted by atomic mass is 15.3. The molecule has 5 heterocycles. The first-order valence-electron chi connectivity index (χ1n) is 13.7. The van der Waals surface area contributed by atoms with Crippen LogP contribution in [-0.4, -0.2) is 61.8 Å². The van der Waals surface area contributed by atoms with Crippen LogP contribution >= 0.6 is 0 Å². The zero-order valence-electron chi connectivity index (χ0n) is 22.4. The van der Waals surface area contributed by atoms with E-state index in [0.717, 1.165) is 65.4 Å². The highest BCUT2D eigenvalue weighted by molar-refractivity contribution is 5.93. The van der Waals surface area contributed by atoms with Gasteiger partial charge in [-0.3, -0.25) is 15.0 Å². The third kappa shape index (κ3) is 5.49. The monoisotopic (exact) mass is 522 g/mol. The van der Waals surface area contributed by atoms with Crippen molar-refractivity contribution in [2.24, 2.45) is 0 Å². The molecule has 2 saturated heterocycles. The molecule has 2 bridgehead atoms. The van der Waals surface area contributed by atoms with Gasteiger partial charge in [0.25, 0.3) is 0 Å². The molecule has 2 fully saturated rings. The molecule has 0 saturated carbocycles. The summed E-state index contributed by atoms with van der Waals surface area (Å²) in [7, 11) is 2.08. The summed E-state index contributed by atoms with van der Waals surface area (Å²) in [5, 5.41) is 24.4. The number of H-pyrrole nitrogens is 1. The third-order valence-electron chi connectivity index (χ3n) is 7.92. The molecule has 4 aromatic rings. The topological polar surface area (TPSA) is 122 Å². The maximum Gasteiger partial charge on any atom is 0.225 e. The second-order valence-corrected chi connectivity index (χ2v) is 10.7. The molecule has 1 aromatic carbocycles. The van der Waals surface area contributed by atoms with Crippen LogP contribution in [0.2, 0.25) is 0 Å². The Bertz CT molecular complexity index is 1460. The van der Waals surface area contributed by atoms with Crippen molar-refractivity contribution in [2.45, 2.75) is 63.7 Å². The Morgan fingerprint density at radius 3 is 2.72 bits per heavy atom. The van der Waals surface area contributed by atoms with Gasteiger partial charge in [-0.2, -0.15) is 15.3 Å². The number of nitrogens with one attached hydrogen (secondary N) is 3. The van der Waals surface area contributed by atoms with Crippen LogP contribution < -0.4 is 15.5 Å². The number of aryl methyl sites for hydroxylation is 1. The predicted molar refractivity (Wildman–Crippen MR) is 153 cm³/mol. The Morgan fingerprint density at radius 2 is 2.00 bits per heavy atom. The number of piperidine rings is 1. The fourth-order valence-electron chi connectivity index (χ4n) is 6.09. The van der Waals surface area contributed by atoms with Gasteiger partial charge in [-0.05, 0) is 62.4 Å². The Morgan fingerprint density at radius 1 is 1.15 bits per heavy atom. The molecule has 10 nitrogen and oxygen atoms in total. The molecular formula is C29H34N10. The van der Waals surface area contributed by atoms with Gasteiger partial charge in [0.2, 0.25) is 5.95 Å². The average molecular weight is 523 g/mol. The van der Waals surface area contributed by atoms with E-state index in [4.69, 9.17) is 15.2 Å². The molecule has 0 radical (unpaired) electrons. The van der Waals surface area contributed by atoms with Gasteiger partial charge in [0, 0.05) is 79.9 Å². The van der Waals surface area contributed by atoms with Gasteiger partial charge in [0.05, 0.1) is 11.6 Å². The summed E-state index contributed by atoms with van der Waals surface area (Å²) in [6.45, 7) is 3.60. The molecule has 39 heavy (non-hydrogen) atoms. The van der Waals surface area contributed by atoms with Crippen molar-refractivity contribution in [3.63, 3.8) is 0 Å². The van der Waals surface area contributed by atoms with Crippen LogP contribution in [0.3, 0.4) is 0 Å². The molecule has 0 spiro atoms. The number of nitrogens with zero attached hydrogens (tertiary/aromatic N) is 7. The molecule has 2 aliphatic heterocycles. The summed E-state index contributed by atoms with van der Waals surface area (Å²) in [6, 6.07) is 16.0. The number of aromatic nitrogens is 5. The van der Waals surface area contributed by atoms with Crippen molar-refractivity contribution in [1.82, 2.24) is 30.0 Å². The quantitative estimate of drug-likeness (QED) is 0.286. The molecule has 1 unspecified atom stereocenters. The van der Waals surface area contributed by atoms with E-state index in [-0.39, 0.29) is 0 Å². The molecule has 3 N–H and O–H groups in total. The van der Waals surface area contributed by atoms with E-state index < -0.39 is 0 Å². The van der Waals surface area contributed by atoms with Crippen LogP contribution in [0.1, 0.15) is 43.4 Å².